The van der Waals surface area contributed by atoms with Crippen LogP contribution >= 0.6 is 0 Å². The fraction of sp³-hybridized carbons (Fsp3) is 0.520. The Bertz CT molecular complexity index is 1110. The van der Waals surface area contributed by atoms with Crippen molar-refractivity contribution in [1.82, 2.24) is 29.8 Å². The van der Waals surface area contributed by atoms with Crippen molar-refractivity contribution in [3.63, 3.8) is 0 Å². The Labute approximate surface area is 195 Å². The summed E-state index contributed by atoms with van der Waals surface area (Å²) >= 11 is 0. The molecule has 0 saturated carbocycles. The molecule has 33 heavy (non-hydrogen) atoms. The molecule has 2 aliphatic rings. The van der Waals surface area contributed by atoms with Crippen LogP contribution in [0.1, 0.15) is 54.2 Å². The van der Waals surface area contributed by atoms with Gasteiger partial charge in [-0.3, -0.25) is 9.58 Å². The number of likely N-dealkylation sites (tertiary alicyclic amines) is 1. The van der Waals surface area contributed by atoms with Gasteiger partial charge in [0.15, 0.2) is 5.76 Å². The molecule has 8 heteroatoms. The van der Waals surface area contributed by atoms with E-state index in [4.69, 9.17) is 14.5 Å². The van der Waals surface area contributed by atoms with Crippen molar-refractivity contribution in [2.45, 2.75) is 58.5 Å². The van der Waals surface area contributed by atoms with Gasteiger partial charge in [0, 0.05) is 55.6 Å². The smallest absolute Gasteiger partial charge is 0.225 e. The van der Waals surface area contributed by atoms with Crippen LogP contribution in [0.3, 0.4) is 0 Å². The van der Waals surface area contributed by atoms with Gasteiger partial charge in [0.05, 0.1) is 29.7 Å². The quantitative estimate of drug-likeness (QED) is 0.505. The highest BCUT2D eigenvalue weighted by atomic mass is 16.5. The molecule has 5 heterocycles. The number of nitrogens with zero attached hydrogens (tertiary/aromatic N) is 7. The van der Waals surface area contributed by atoms with Crippen LogP contribution in [0.4, 0.5) is 5.95 Å². The number of hydrogen-bond acceptors (Lipinski definition) is 7. The maximum Gasteiger partial charge on any atom is 0.225 e. The Morgan fingerprint density at radius 1 is 1.15 bits per heavy atom. The van der Waals surface area contributed by atoms with E-state index >= 15 is 0 Å². The first-order chi connectivity index (χ1) is 16.1. The lowest BCUT2D eigenvalue weighted by Crippen LogP contribution is -2.35. The molecule has 0 spiro atoms. The summed E-state index contributed by atoms with van der Waals surface area (Å²) in [6.45, 7) is 13.7. The van der Waals surface area contributed by atoms with Crippen molar-refractivity contribution in [2.24, 2.45) is 0 Å². The second kappa shape index (κ2) is 9.47. The minimum Gasteiger partial charge on any atom is -0.356 e. The van der Waals surface area contributed by atoms with Crippen LogP contribution in [0.15, 0.2) is 35.6 Å². The average molecular weight is 448 g/mol. The molecule has 3 aromatic rings. The molecule has 0 radical (unpaired) electrons. The van der Waals surface area contributed by atoms with E-state index in [0.29, 0.717) is 5.92 Å². The van der Waals surface area contributed by atoms with E-state index in [0.717, 1.165) is 80.8 Å². The number of aryl methyl sites for hydroxylation is 1. The molecule has 8 nitrogen and oxygen atoms in total. The Kier molecular flexibility index (Phi) is 6.26. The number of allylic oxidation sites excluding steroid dienone is 1. The Hall–Kier alpha value is -3.00. The van der Waals surface area contributed by atoms with E-state index in [2.05, 4.69) is 33.6 Å². The number of anilines is 1. The highest BCUT2D eigenvalue weighted by Crippen LogP contribution is 2.35. The fourth-order valence-corrected chi connectivity index (χ4v) is 5.06. The zero-order chi connectivity index (χ0) is 22.8. The van der Waals surface area contributed by atoms with Crippen LogP contribution in [0.5, 0.6) is 0 Å². The molecule has 0 bridgehead atoms. The zero-order valence-electron chi connectivity index (χ0n) is 19.7. The molecule has 0 N–H and O–H groups in total. The van der Waals surface area contributed by atoms with Gasteiger partial charge in [-0.25, -0.2) is 9.97 Å². The van der Waals surface area contributed by atoms with Gasteiger partial charge in [0.25, 0.3) is 0 Å². The summed E-state index contributed by atoms with van der Waals surface area (Å²) in [6.07, 6.45) is 10.5. The first kappa shape index (κ1) is 21.8. The van der Waals surface area contributed by atoms with Gasteiger partial charge >= 0.3 is 0 Å². The fourth-order valence-electron chi connectivity index (χ4n) is 5.06. The summed E-state index contributed by atoms with van der Waals surface area (Å²) < 4.78 is 7.65. The lowest BCUT2D eigenvalue weighted by atomic mass is 9.91. The Morgan fingerprint density at radius 2 is 2.00 bits per heavy atom. The van der Waals surface area contributed by atoms with Gasteiger partial charge in [-0.1, -0.05) is 11.2 Å². The largest absolute Gasteiger partial charge is 0.356 e. The van der Waals surface area contributed by atoms with Crippen molar-refractivity contribution in [3.05, 3.63) is 53.8 Å². The molecule has 0 aliphatic carbocycles. The molecule has 1 atom stereocenters. The van der Waals surface area contributed by atoms with Crippen molar-refractivity contribution >= 4 is 5.95 Å². The number of rotatable bonds is 7. The van der Waals surface area contributed by atoms with E-state index in [1.165, 1.54) is 24.1 Å². The molecule has 0 amide bonds. The van der Waals surface area contributed by atoms with Gasteiger partial charge in [-0.15, -0.1) is 6.58 Å². The molecule has 2 aliphatic heterocycles. The van der Waals surface area contributed by atoms with Gasteiger partial charge in [-0.2, -0.15) is 5.10 Å². The van der Waals surface area contributed by atoms with Crippen LogP contribution in [-0.2, 0) is 13.1 Å². The minimum atomic E-state index is 0.326. The molecule has 3 aromatic heterocycles. The maximum atomic E-state index is 5.63. The molecule has 2 saturated heterocycles. The molecule has 174 valence electrons. The van der Waals surface area contributed by atoms with E-state index in [9.17, 15) is 0 Å². The molecule has 5 rings (SSSR count). The van der Waals surface area contributed by atoms with Crippen LogP contribution in [-0.4, -0.2) is 56.0 Å². The van der Waals surface area contributed by atoms with E-state index in [-0.39, 0.29) is 0 Å². The first-order valence-electron chi connectivity index (χ1n) is 12.0. The van der Waals surface area contributed by atoms with Gasteiger partial charge in [-0.05, 0) is 46.1 Å². The predicted molar refractivity (Wildman–Crippen MR) is 128 cm³/mol. The third-order valence-electron chi connectivity index (χ3n) is 6.88. The van der Waals surface area contributed by atoms with E-state index in [1.54, 1.807) is 0 Å². The predicted octanol–water partition coefficient (Wildman–Crippen LogP) is 4.11. The highest BCUT2D eigenvalue weighted by molar-refractivity contribution is 5.61. The van der Waals surface area contributed by atoms with Crippen molar-refractivity contribution in [1.29, 1.82) is 0 Å². The van der Waals surface area contributed by atoms with Crippen molar-refractivity contribution < 1.29 is 4.52 Å². The normalized spacial score (nSPS) is 19.3. The highest BCUT2D eigenvalue weighted by Gasteiger charge is 2.28. The first-order valence-corrected chi connectivity index (χ1v) is 12.0. The summed E-state index contributed by atoms with van der Waals surface area (Å²) in [7, 11) is 0. The third-order valence-corrected chi connectivity index (χ3v) is 6.88. The monoisotopic (exact) mass is 447 g/mol. The number of aromatic nitrogens is 5. The van der Waals surface area contributed by atoms with Gasteiger partial charge < -0.3 is 9.42 Å². The molecular formula is C25H33N7O. The second-order valence-electron chi connectivity index (χ2n) is 9.30. The zero-order valence-corrected chi connectivity index (χ0v) is 19.7. The van der Waals surface area contributed by atoms with Gasteiger partial charge in [0.1, 0.15) is 0 Å². The Morgan fingerprint density at radius 3 is 2.76 bits per heavy atom. The molecule has 0 unspecified atom stereocenters. The average Bonchev–Trinajstić information content (AvgIpc) is 3.58. The third kappa shape index (κ3) is 4.57. The SMILES string of the molecule is C=CCn1ncc(CN2CCC[C@H](c3nc(N4CCCC4)ncc3-c3cc(C)no3)C2)c1C. The number of piperidine rings is 1. The molecule has 2 fully saturated rings. The Balaban J connectivity index is 1.41. The topological polar surface area (TPSA) is 76.1 Å². The summed E-state index contributed by atoms with van der Waals surface area (Å²) in [5.41, 5.74) is 5.43. The van der Waals surface area contributed by atoms with Crippen LogP contribution in [0.2, 0.25) is 0 Å². The van der Waals surface area contributed by atoms with Crippen LogP contribution in [0.25, 0.3) is 11.3 Å². The molecular weight excluding hydrogens is 414 g/mol. The van der Waals surface area contributed by atoms with E-state index in [1.807, 2.05) is 36.1 Å². The lowest BCUT2D eigenvalue weighted by Gasteiger charge is -2.33. The summed E-state index contributed by atoms with van der Waals surface area (Å²) in [5.74, 6) is 1.93. The number of hydrogen-bond donors (Lipinski definition) is 0. The maximum absolute atomic E-state index is 5.63. The lowest BCUT2D eigenvalue weighted by molar-refractivity contribution is 0.198. The molecule has 0 aromatic carbocycles. The second-order valence-corrected chi connectivity index (χ2v) is 9.30. The van der Waals surface area contributed by atoms with Crippen LogP contribution in [0, 0.1) is 13.8 Å². The standard InChI is InChI=1S/C25H33N7O/c1-4-9-32-19(3)21(14-27-32)17-30-10-7-8-20(16-30)24-22(23-13-18(2)29-33-23)15-26-25(28-24)31-11-5-6-12-31/h4,13-15,20H,1,5-12,16-17H2,2-3H3/t20-/m0/s1. The minimum absolute atomic E-state index is 0.326. The van der Waals surface area contributed by atoms with Crippen molar-refractivity contribution in [3.8, 4) is 11.3 Å². The van der Waals surface area contributed by atoms with Crippen LogP contribution < -0.4 is 4.90 Å². The summed E-state index contributed by atoms with van der Waals surface area (Å²) in [6, 6.07) is 1.98. The summed E-state index contributed by atoms with van der Waals surface area (Å²) in [4.78, 5) is 14.7. The summed E-state index contributed by atoms with van der Waals surface area (Å²) in [5, 5.41) is 8.64. The van der Waals surface area contributed by atoms with Gasteiger partial charge in [0.2, 0.25) is 5.95 Å². The van der Waals surface area contributed by atoms with E-state index < -0.39 is 0 Å². The van der Waals surface area contributed by atoms with Crippen molar-refractivity contribution in [2.75, 3.05) is 31.1 Å².